The number of nitrogens with two attached hydrogens (primary N) is 1. The van der Waals surface area contributed by atoms with E-state index in [1.165, 1.54) is 0 Å². The maximum atomic E-state index is 11.6. The smallest absolute Gasteiger partial charge is 0.163 e. The molecule has 2 atom stereocenters. The second kappa shape index (κ2) is 4.72. The highest BCUT2D eigenvalue weighted by atomic mass is 16.5. The lowest BCUT2D eigenvalue weighted by Gasteiger charge is -2.14. The molecule has 0 radical (unpaired) electrons. The third-order valence-electron chi connectivity index (χ3n) is 2.54. The van der Waals surface area contributed by atoms with Gasteiger partial charge in [-0.1, -0.05) is 6.42 Å². The van der Waals surface area contributed by atoms with Crippen molar-refractivity contribution in [3.8, 4) is 0 Å². The van der Waals surface area contributed by atoms with Gasteiger partial charge in [0.1, 0.15) is 6.61 Å². The molecule has 13 heavy (non-hydrogen) atoms. The van der Waals surface area contributed by atoms with Crippen LogP contribution in [-0.2, 0) is 9.53 Å². The fraction of sp³-hybridized carbons (Fsp3) is 0.900. The van der Waals surface area contributed by atoms with Gasteiger partial charge < -0.3 is 10.5 Å². The first-order valence-electron chi connectivity index (χ1n) is 5.01. The Bertz CT molecular complexity index is 180. The topological polar surface area (TPSA) is 52.3 Å². The van der Waals surface area contributed by atoms with Crippen LogP contribution in [0.4, 0.5) is 0 Å². The van der Waals surface area contributed by atoms with Crippen molar-refractivity contribution in [2.45, 2.75) is 45.3 Å². The van der Waals surface area contributed by atoms with Crippen LogP contribution in [-0.4, -0.2) is 24.5 Å². The van der Waals surface area contributed by atoms with Crippen molar-refractivity contribution in [2.75, 3.05) is 6.61 Å². The Morgan fingerprint density at radius 2 is 2.23 bits per heavy atom. The molecule has 0 heterocycles. The molecule has 0 aromatic carbocycles. The number of hydrogen-bond acceptors (Lipinski definition) is 3. The minimum Gasteiger partial charge on any atom is -0.371 e. The van der Waals surface area contributed by atoms with Gasteiger partial charge in [-0.05, 0) is 26.7 Å². The number of carbonyl (C=O) groups is 1. The number of ether oxygens (including phenoxy) is 1. The molecule has 2 unspecified atom stereocenters. The zero-order valence-electron chi connectivity index (χ0n) is 8.45. The van der Waals surface area contributed by atoms with Crippen molar-refractivity contribution < 1.29 is 9.53 Å². The fourth-order valence-electron chi connectivity index (χ4n) is 1.74. The standard InChI is InChI=1S/C10H19NO2/c1-7(2)13-6-10(12)8-4-3-5-9(8)11/h7-9H,3-6,11H2,1-2H3. The third kappa shape index (κ3) is 3.08. The molecule has 3 nitrogen and oxygen atoms in total. The van der Waals surface area contributed by atoms with E-state index in [0.717, 1.165) is 19.3 Å². The lowest BCUT2D eigenvalue weighted by molar-refractivity contribution is -0.129. The molecule has 0 aromatic heterocycles. The summed E-state index contributed by atoms with van der Waals surface area (Å²) in [6.45, 7) is 4.10. The number of rotatable bonds is 4. The number of hydrogen-bond donors (Lipinski definition) is 1. The predicted octanol–water partition coefficient (Wildman–Crippen LogP) is 1.11. The summed E-state index contributed by atoms with van der Waals surface area (Å²) in [5.41, 5.74) is 5.81. The van der Waals surface area contributed by atoms with Crippen LogP contribution in [0.2, 0.25) is 0 Å². The molecule has 0 amide bonds. The zero-order valence-corrected chi connectivity index (χ0v) is 8.45. The summed E-state index contributed by atoms with van der Waals surface area (Å²) in [6, 6.07) is 0.0725. The predicted molar refractivity (Wildman–Crippen MR) is 51.4 cm³/mol. The minimum atomic E-state index is 0.0544. The SMILES string of the molecule is CC(C)OCC(=O)C1CCCC1N. The van der Waals surface area contributed by atoms with Crippen molar-refractivity contribution in [3.63, 3.8) is 0 Å². The van der Waals surface area contributed by atoms with Gasteiger partial charge in [-0.15, -0.1) is 0 Å². The average Bonchev–Trinajstić information content (AvgIpc) is 2.47. The van der Waals surface area contributed by atoms with Gasteiger partial charge in [0.2, 0.25) is 0 Å². The van der Waals surface area contributed by atoms with Crippen LogP contribution in [0.5, 0.6) is 0 Å². The monoisotopic (exact) mass is 185 g/mol. The van der Waals surface area contributed by atoms with E-state index in [4.69, 9.17) is 10.5 Å². The van der Waals surface area contributed by atoms with E-state index in [1.807, 2.05) is 13.8 Å². The first kappa shape index (κ1) is 10.7. The molecular formula is C10H19NO2. The molecule has 0 bridgehead atoms. The van der Waals surface area contributed by atoms with Crippen LogP contribution in [0.1, 0.15) is 33.1 Å². The quantitative estimate of drug-likeness (QED) is 0.713. The van der Waals surface area contributed by atoms with Crippen LogP contribution in [0.15, 0.2) is 0 Å². The van der Waals surface area contributed by atoms with Gasteiger partial charge in [0.05, 0.1) is 6.10 Å². The van der Waals surface area contributed by atoms with E-state index < -0.39 is 0 Å². The summed E-state index contributed by atoms with van der Waals surface area (Å²) in [4.78, 5) is 11.6. The molecule has 0 spiro atoms. The molecular weight excluding hydrogens is 166 g/mol. The van der Waals surface area contributed by atoms with Gasteiger partial charge in [-0.25, -0.2) is 0 Å². The first-order valence-corrected chi connectivity index (χ1v) is 5.01. The molecule has 3 heteroatoms. The number of Topliss-reactive ketones (excluding diaryl/α,β-unsaturated/α-hetero) is 1. The van der Waals surface area contributed by atoms with Crippen molar-refractivity contribution in [2.24, 2.45) is 11.7 Å². The Hall–Kier alpha value is -0.410. The highest BCUT2D eigenvalue weighted by Gasteiger charge is 2.29. The second-order valence-corrected chi connectivity index (χ2v) is 4.03. The fourth-order valence-corrected chi connectivity index (χ4v) is 1.74. The summed E-state index contributed by atoms with van der Waals surface area (Å²) in [7, 11) is 0. The first-order chi connectivity index (χ1) is 6.11. The molecule has 0 aromatic rings. The van der Waals surface area contributed by atoms with Crippen LogP contribution in [0.25, 0.3) is 0 Å². The largest absolute Gasteiger partial charge is 0.371 e. The van der Waals surface area contributed by atoms with Gasteiger partial charge >= 0.3 is 0 Å². The Morgan fingerprint density at radius 3 is 2.69 bits per heavy atom. The molecule has 0 saturated heterocycles. The van der Waals surface area contributed by atoms with Gasteiger partial charge in [-0.2, -0.15) is 0 Å². The Balaban J connectivity index is 2.30. The van der Waals surface area contributed by atoms with Crippen LogP contribution < -0.4 is 5.73 Å². The average molecular weight is 185 g/mol. The highest BCUT2D eigenvalue weighted by Crippen LogP contribution is 2.24. The minimum absolute atomic E-state index is 0.0544. The summed E-state index contributed by atoms with van der Waals surface area (Å²) < 4.78 is 5.26. The Morgan fingerprint density at radius 1 is 1.54 bits per heavy atom. The Labute approximate surface area is 79.6 Å². The summed E-state index contributed by atoms with van der Waals surface area (Å²) in [5.74, 6) is 0.234. The van der Waals surface area contributed by atoms with Gasteiger partial charge in [0, 0.05) is 12.0 Å². The molecule has 1 rings (SSSR count). The van der Waals surface area contributed by atoms with E-state index in [2.05, 4.69) is 0 Å². The molecule has 76 valence electrons. The van der Waals surface area contributed by atoms with Crippen molar-refractivity contribution >= 4 is 5.78 Å². The van der Waals surface area contributed by atoms with E-state index in [9.17, 15) is 4.79 Å². The maximum absolute atomic E-state index is 11.6. The van der Waals surface area contributed by atoms with E-state index in [-0.39, 0.29) is 30.5 Å². The van der Waals surface area contributed by atoms with Crippen LogP contribution >= 0.6 is 0 Å². The normalized spacial score (nSPS) is 28.3. The molecule has 1 aliphatic carbocycles. The second-order valence-electron chi connectivity index (χ2n) is 4.03. The van der Waals surface area contributed by atoms with Gasteiger partial charge in [0.15, 0.2) is 5.78 Å². The van der Waals surface area contributed by atoms with Crippen LogP contribution in [0.3, 0.4) is 0 Å². The lowest BCUT2D eigenvalue weighted by atomic mass is 9.99. The Kier molecular flexibility index (Phi) is 3.88. The number of carbonyl (C=O) groups excluding carboxylic acids is 1. The molecule has 1 fully saturated rings. The lowest BCUT2D eigenvalue weighted by Crippen LogP contribution is -2.33. The maximum Gasteiger partial charge on any atom is 0.163 e. The van der Waals surface area contributed by atoms with E-state index in [0.29, 0.717) is 0 Å². The summed E-state index contributed by atoms with van der Waals surface area (Å²) in [6.07, 6.45) is 3.14. The zero-order chi connectivity index (χ0) is 9.84. The van der Waals surface area contributed by atoms with Crippen molar-refractivity contribution in [1.29, 1.82) is 0 Å². The summed E-state index contributed by atoms with van der Waals surface area (Å²) in [5, 5.41) is 0. The van der Waals surface area contributed by atoms with Crippen molar-refractivity contribution in [1.82, 2.24) is 0 Å². The third-order valence-corrected chi connectivity index (χ3v) is 2.54. The van der Waals surface area contributed by atoms with Gasteiger partial charge in [-0.3, -0.25) is 4.79 Å². The van der Waals surface area contributed by atoms with Crippen molar-refractivity contribution in [3.05, 3.63) is 0 Å². The molecule has 1 aliphatic rings. The summed E-state index contributed by atoms with van der Waals surface area (Å²) >= 11 is 0. The number of ketones is 1. The van der Waals surface area contributed by atoms with E-state index in [1.54, 1.807) is 0 Å². The van der Waals surface area contributed by atoms with E-state index >= 15 is 0 Å². The highest BCUT2D eigenvalue weighted by molar-refractivity contribution is 5.83. The molecule has 1 saturated carbocycles. The molecule has 0 aliphatic heterocycles. The van der Waals surface area contributed by atoms with Gasteiger partial charge in [0.25, 0.3) is 0 Å². The van der Waals surface area contributed by atoms with Crippen LogP contribution in [0, 0.1) is 5.92 Å². The molecule has 2 N–H and O–H groups in total.